The first-order valence-electron chi connectivity index (χ1n) is 6.63. The van der Waals surface area contributed by atoms with Crippen LogP contribution >= 0.6 is 11.8 Å². The highest BCUT2D eigenvalue weighted by molar-refractivity contribution is 7.99. The van der Waals surface area contributed by atoms with Gasteiger partial charge in [-0.1, -0.05) is 6.92 Å². The molecule has 1 aromatic heterocycles. The number of carbonyl (C=O) groups excluding carboxylic acids is 1. The number of amides is 1. The van der Waals surface area contributed by atoms with Gasteiger partial charge in [0, 0.05) is 37.7 Å². The van der Waals surface area contributed by atoms with E-state index in [2.05, 4.69) is 20.4 Å². The molecule has 0 aromatic carbocycles. The predicted molar refractivity (Wildman–Crippen MR) is 78.5 cm³/mol. The van der Waals surface area contributed by atoms with Crippen molar-refractivity contribution in [1.82, 2.24) is 20.4 Å². The molecule has 7 heteroatoms. The molecule has 1 aromatic rings. The van der Waals surface area contributed by atoms with Crippen molar-refractivity contribution < 1.29 is 4.79 Å². The van der Waals surface area contributed by atoms with Crippen LogP contribution in [0.4, 0.5) is 5.69 Å². The molecular formula is C12H21N5OS. The number of nitrogens with one attached hydrogen (secondary N) is 2. The molecule has 1 fully saturated rings. The SMILES string of the molecule is CCc1[nH]nc(C(=O)NCCN2CCSCC2)c1N. The standard InChI is InChI=1S/C12H21N5OS/c1-2-9-10(13)11(16-15-9)12(18)14-3-4-17-5-7-19-8-6-17/h2-8,13H2,1H3,(H,14,18)(H,15,16). The Morgan fingerprint density at radius 3 is 2.89 bits per heavy atom. The van der Waals surface area contributed by atoms with Crippen LogP contribution in [0.25, 0.3) is 0 Å². The van der Waals surface area contributed by atoms with Crippen molar-refractivity contribution in [3.8, 4) is 0 Å². The van der Waals surface area contributed by atoms with E-state index in [1.807, 2.05) is 18.7 Å². The Labute approximate surface area is 117 Å². The van der Waals surface area contributed by atoms with E-state index in [1.165, 1.54) is 11.5 Å². The van der Waals surface area contributed by atoms with Gasteiger partial charge in [-0.3, -0.25) is 14.8 Å². The molecule has 0 spiro atoms. The fraction of sp³-hybridized carbons (Fsp3) is 0.667. The van der Waals surface area contributed by atoms with Crippen LogP contribution in [0.5, 0.6) is 0 Å². The highest BCUT2D eigenvalue weighted by Gasteiger charge is 2.16. The van der Waals surface area contributed by atoms with Gasteiger partial charge in [-0.2, -0.15) is 16.9 Å². The van der Waals surface area contributed by atoms with Gasteiger partial charge >= 0.3 is 0 Å². The summed E-state index contributed by atoms with van der Waals surface area (Å²) in [5.74, 6) is 2.17. The second kappa shape index (κ2) is 6.81. The maximum Gasteiger partial charge on any atom is 0.273 e. The van der Waals surface area contributed by atoms with Crippen LogP contribution in [0.1, 0.15) is 23.1 Å². The molecule has 106 valence electrons. The lowest BCUT2D eigenvalue weighted by Crippen LogP contribution is -2.39. The number of anilines is 1. The van der Waals surface area contributed by atoms with E-state index >= 15 is 0 Å². The zero-order valence-corrected chi connectivity index (χ0v) is 12.1. The van der Waals surface area contributed by atoms with E-state index < -0.39 is 0 Å². The van der Waals surface area contributed by atoms with E-state index in [0.29, 0.717) is 17.9 Å². The van der Waals surface area contributed by atoms with Gasteiger partial charge in [-0.25, -0.2) is 0 Å². The summed E-state index contributed by atoms with van der Waals surface area (Å²) in [6.45, 7) is 5.70. The fourth-order valence-corrected chi connectivity index (χ4v) is 3.04. The third-order valence-electron chi connectivity index (χ3n) is 3.27. The molecular weight excluding hydrogens is 262 g/mol. The second-order valence-corrected chi connectivity index (χ2v) is 5.75. The van der Waals surface area contributed by atoms with Crippen LogP contribution in [0.3, 0.4) is 0 Å². The number of hydrogen-bond donors (Lipinski definition) is 3. The Morgan fingerprint density at radius 1 is 1.53 bits per heavy atom. The van der Waals surface area contributed by atoms with E-state index in [0.717, 1.165) is 31.7 Å². The van der Waals surface area contributed by atoms with Gasteiger partial charge in [0.1, 0.15) is 0 Å². The average molecular weight is 283 g/mol. The van der Waals surface area contributed by atoms with Crippen molar-refractivity contribution in [2.75, 3.05) is 43.4 Å². The summed E-state index contributed by atoms with van der Waals surface area (Å²) < 4.78 is 0. The third kappa shape index (κ3) is 3.63. The fourth-order valence-electron chi connectivity index (χ4n) is 2.07. The Morgan fingerprint density at radius 2 is 2.26 bits per heavy atom. The molecule has 6 nitrogen and oxygen atoms in total. The Kier molecular flexibility index (Phi) is 5.09. The quantitative estimate of drug-likeness (QED) is 0.725. The van der Waals surface area contributed by atoms with Crippen molar-refractivity contribution >= 4 is 23.4 Å². The van der Waals surface area contributed by atoms with Gasteiger partial charge in [0.25, 0.3) is 5.91 Å². The van der Waals surface area contributed by atoms with Gasteiger partial charge < -0.3 is 11.1 Å². The number of thioether (sulfide) groups is 1. The lowest BCUT2D eigenvalue weighted by atomic mass is 10.2. The normalized spacial score (nSPS) is 16.5. The van der Waals surface area contributed by atoms with Crippen LogP contribution in [0.2, 0.25) is 0 Å². The Bertz CT molecular complexity index is 428. The van der Waals surface area contributed by atoms with E-state index in [1.54, 1.807) is 0 Å². The molecule has 2 rings (SSSR count). The van der Waals surface area contributed by atoms with Crippen LogP contribution < -0.4 is 11.1 Å². The number of aryl methyl sites for hydroxylation is 1. The average Bonchev–Trinajstić information content (AvgIpc) is 2.81. The molecule has 1 amide bonds. The van der Waals surface area contributed by atoms with Gasteiger partial charge in [0.05, 0.1) is 11.4 Å². The molecule has 0 aliphatic carbocycles. The minimum atomic E-state index is -0.195. The van der Waals surface area contributed by atoms with Gasteiger partial charge in [-0.15, -0.1) is 0 Å². The number of hydrogen-bond acceptors (Lipinski definition) is 5. The summed E-state index contributed by atoms with van der Waals surface area (Å²) >= 11 is 1.98. The van der Waals surface area contributed by atoms with Crippen molar-refractivity contribution in [2.45, 2.75) is 13.3 Å². The number of nitrogens with zero attached hydrogens (tertiary/aromatic N) is 2. The molecule has 19 heavy (non-hydrogen) atoms. The van der Waals surface area contributed by atoms with Crippen molar-refractivity contribution in [3.05, 3.63) is 11.4 Å². The van der Waals surface area contributed by atoms with Crippen molar-refractivity contribution in [3.63, 3.8) is 0 Å². The number of nitrogens with two attached hydrogens (primary N) is 1. The van der Waals surface area contributed by atoms with E-state index in [4.69, 9.17) is 5.73 Å². The van der Waals surface area contributed by atoms with Crippen LogP contribution in [0, 0.1) is 0 Å². The highest BCUT2D eigenvalue weighted by Crippen LogP contribution is 2.14. The summed E-state index contributed by atoms with van der Waals surface area (Å²) in [5, 5.41) is 9.64. The molecule has 0 saturated carbocycles. The van der Waals surface area contributed by atoms with Crippen molar-refractivity contribution in [1.29, 1.82) is 0 Å². The van der Waals surface area contributed by atoms with Crippen molar-refractivity contribution in [2.24, 2.45) is 0 Å². The van der Waals surface area contributed by atoms with Crippen LogP contribution in [-0.4, -0.2) is 58.7 Å². The summed E-state index contributed by atoms with van der Waals surface area (Å²) in [7, 11) is 0. The molecule has 0 unspecified atom stereocenters. The highest BCUT2D eigenvalue weighted by atomic mass is 32.2. The van der Waals surface area contributed by atoms with Gasteiger partial charge in [0.2, 0.25) is 0 Å². The maximum absolute atomic E-state index is 11.9. The lowest BCUT2D eigenvalue weighted by molar-refractivity contribution is 0.0945. The van der Waals surface area contributed by atoms with Crippen LogP contribution in [-0.2, 0) is 6.42 Å². The summed E-state index contributed by atoms with van der Waals surface area (Å²) in [6, 6.07) is 0. The minimum absolute atomic E-state index is 0.195. The zero-order chi connectivity index (χ0) is 13.7. The van der Waals surface area contributed by atoms with Crippen LogP contribution in [0.15, 0.2) is 0 Å². The number of carbonyl (C=O) groups is 1. The number of rotatable bonds is 5. The third-order valence-corrected chi connectivity index (χ3v) is 4.21. The second-order valence-electron chi connectivity index (χ2n) is 4.53. The summed E-state index contributed by atoms with van der Waals surface area (Å²) in [4.78, 5) is 14.3. The summed E-state index contributed by atoms with van der Waals surface area (Å²) in [6.07, 6.45) is 0.748. The molecule has 0 bridgehead atoms. The Hall–Kier alpha value is -1.21. The smallest absolute Gasteiger partial charge is 0.273 e. The number of aromatic nitrogens is 2. The largest absolute Gasteiger partial charge is 0.395 e. The molecule has 1 aliphatic heterocycles. The maximum atomic E-state index is 11.9. The number of aromatic amines is 1. The van der Waals surface area contributed by atoms with E-state index in [9.17, 15) is 4.79 Å². The number of H-pyrrole nitrogens is 1. The van der Waals surface area contributed by atoms with Gasteiger partial charge in [0.15, 0.2) is 5.69 Å². The van der Waals surface area contributed by atoms with Gasteiger partial charge in [-0.05, 0) is 6.42 Å². The molecule has 0 radical (unpaired) electrons. The first-order valence-corrected chi connectivity index (χ1v) is 7.78. The van der Waals surface area contributed by atoms with E-state index in [-0.39, 0.29) is 5.91 Å². The Balaban J connectivity index is 1.78. The molecule has 2 heterocycles. The lowest BCUT2D eigenvalue weighted by Gasteiger charge is -2.25. The molecule has 4 N–H and O–H groups in total. The molecule has 0 atom stereocenters. The topological polar surface area (TPSA) is 87.0 Å². The number of nitrogen functional groups attached to an aromatic ring is 1. The first kappa shape index (κ1) is 14.2. The predicted octanol–water partition coefficient (Wildman–Crippen LogP) is 0.333. The molecule has 1 aliphatic rings. The molecule has 1 saturated heterocycles. The monoisotopic (exact) mass is 283 g/mol. The zero-order valence-electron chi connectivity index (χ0n) is 11.2. The summed E-state index contributed by atoms with van der Waals surface area (Å²) in [5.41, 5.74) is 7.46. The minimum Gasteiger partial charge on any atom is -0.395 e. The first-order chi connectivity index (χ1) is 9.22.